The van der Waals surface area contributed by atoms with Gasteiger partial charge in [0.2, 0.25) is 0 Å². The Morgan fingerprint density at radius 3 is 2.94 bits per heavy atom. The Bertz CT molecular complexity index is 424. The van der Waals surface area contributed by atoms with Crippen molar-refractivity contribution < 1.29 is 13.9 Å². The summed E-state index contributed by atoms with van der Waals surface area (Å²) in [4.78, 5) is 0. The van der Waals surface area contributed by atoms with Gasteiger partial charge >= 0.3 is 0 Å². The van der Waals surface area contributed by atoms with E-state index in [2.05, 4.69) is 17.2 Å². The zero-order chi connectivity index (χ0) is 13.2. The van der Waals surface area contributed by atoms with Crippen LogP contribution in [0.25, 0.3) is 0 Å². The molecule has 0 saturated heterocycles. The number of benzene rings is 1. The average molecular weight is 251 g/mol. The van der Waals surface area contributed by atoms with Crippen molar-refractivity contribution in [3.63, 3.8) is 0 Å². The van der Waals surface area contributed by atoms with Crippen LogP contribution in [0.4, 0.5) is 4.39 Å². The van der Waals surface area contributed by atoms with Crippen molar-refractivity contribution in [3.05, 3.63) is 29.6 Å². The van der Waals surface area contributed by atoms with Gasteiger partial charge in [0, 0.05) is 25.8 Å². The summed E-state index contributed by atoms with van der Waals surface area (Å²) in [6.45, 7) is 3.93. The van der Waals surface area contributed by atoms with Crippen LogP contribution in [0.5, 0.6) is 5.75 Å². The molecule has 0 aliphatic rings. The molecule has 0 amide bonds. The van der Waals surface area contributed by atoms with Gasteiger partial charge in [-0.3, -0.25) is 0 Å². The van der Waals surface area contributed by atoms with E-state index < -0.39 is 0 Å². The van der Waals surface area contributed by atoms with E-state index in [0.29, 0.717) is 32.1 Å². The fraction of sp³-hybridized carbons (Fsp3) is 0.429. The molecule has 0 aromatic heterocycles. The van der Waals surface area contributed by atoms with Gasteiger partial charge in [-0.05, 0) is 25.1 Å². The van der Waals surface area contributed by atoms with Crippen LogP contribution in [0.2, 0.25) is 0 Å². The summed E-state index contributed by atoms with van der Waals surface area (Å²) in [5.41, 5.74) is 0.781. The monoisotopic (exact) mass is 251 g/mol. The molecule has 3 nitrogen and oxygen atoms in total. The summed E-state index contributed by atoms with van der Waals surface area (Å²) in [6.07, 6.45) is 0. The zero-order valence-electron chi connectivity index (χ0n) is 10.8. The Balaban J connectivity index is 2.60. The lowest BCUT2D eigenvalue weighted by molar-refractivity contribution is 0.199. The van der Waals surface area contributed by atoms with E-state index in [4.69, 9.17) is 9.47 Å². The second-order valence-corrected chi connectivity index (χ2v) is 3.64. The second-order valence-electron chi connectivity index (χ2n) is 3.64. The van der Waals surface area contributed by atoms with Gasteiger partial charge in [-0.25, -0.2) is 4.39 Å². The van der Waals surface area contributed by atoms with Crippen molar-refractivity contribution in [2.75, 3.05) is 26.9 Å². The van der Waals surface area contributed by atoms with Crippen LogP contribution in [-0.2, 0) is 11.3 Å². The third kappa shape index (κ3) is 5.17. The topological polar surface area (TPSA) is 30.5 Å². The summed E-state index contributed by atoms with van der Waals surface area (Å²) in [5.74, 6) is 5.94. The SMILES string of the molecule is CC#CCOc1ccc(F)cc1CNCCOC. The molecule has 98 valence electrons. The number of ether oxygens (including phenoxy) is 2. The molecule has 0 fully saturated rings. The quantitative estimate of drug-likeness (QED) is 0.593. The van der Waals surface area contributed by atoms with E-state index in [0.717, 1.165) is 5.56 Å². The lowest BCUT2D eigenvalue weighted by atomic mass is 10.2. The highest BCUT2D eigenvalue weighted by molar-refractivity contribution is 5.34. The molecule has 0 saturated carbocycles. The number of nitrogens with one attached hydrogen (secondary N) is 1. The fourth-order valence-electron chi connectivity index (χ4n) is 1.41. The summed E-state index contributed by atoms with van der Waals surface area (Å²) < 4.78 is 23.6. The summed E-state index contributed by atoms with van der Waals surface area (Å²) in [6, 6.07) is 4.47. The highest BCUT2D eigenvalue weighted by atomic mass is 19.1. The predicted molar refractivity (Wildman–Crippen MR) is 68.9 cm³/mol. The van der Waals surface area contributed by atoms with Crippen LogP contribution in [-0.4, -0.2) is 26.9 Å². The predicted octanol–water partition coefficient (Wildman–Crippen LogP) is 1.96. The summed E-state index contributed by atoms with van der Waals surface area (Å²) in [7, 11) is 1.64. The third-order valence-corrected chi connectivity index (χ3v) is 2.30. The van der Waals surface area contributed by atoms with Gasteiger partial charge < -0.3 is 14.8 Å². The molecule has 1 rings (SSSR count). The van der Waals surface area contributed by atoms with Gasteiger partial charge in [-0.2, -0.15) is 0 Å². The minimum atomic E-state index is -0.271. The van der Waals surface area contributed by atoms with Gasteiger partial charge in [0.1, 0.15) is 18.2 Å². The normalized spacial score (nSPS) is 9.72. The van der Waals surface area contributed by atoms with Crippen LogP contribution >= 0.6 is 0 Å². The first-order chi connectivity index (χ1) is 8.77. The molecular formula is C14H18FNO2. The third-order valence-electron chi connectivity index (χ3n) is 2.30. The molecule has 1 N–H and O–H groups in total. The Kier molecular flexibility index (Phi) is 6.85. The molecule has 0 heterocycles. The molecule has 18 heavy (non-hydrogen) atoms. The van der Waals surface area contributed by atoms with Gasteiger partial charge in [0.25, 0.3) is 0 Å². The van der Waals surface area contributed by atoms with E-state index in [9.17, 15) is 4.39 Å². The largest absolute Gasteiger partial charge is 0.481 e. The number of methoxy groups -OCH3 is 1. The van der Waals surface area contributed by atoms with Crippen molar-refractivity contribution in [2.24, 2.45) is 0 Å². The molecule has 0 bridgehead atoms. The van der Waals surface area contributed by atoms with E-state index in [1.807, 2.05) is 0 Å². The second kappa shape index (κ2) is 8.51. The number of rotatable bonds is 7. The van der Waals surface area contributed by atoms with Gasteiger partial charge in [0.05, 0.1) is 6.61 Å². The lowest BCUT2D eigenvalue weighted by Crippen LogP contribution is -2.19. The molecule has 4 heteroatoms. The van der Waals surface area contributed by atoms with E-state index in [1.54, 1.807) is 20.1 Å². The van der Waals surface area contributed by atoms with Crippen LogP contribution in [0.15, 0.2) is 18.2 Å². The average Bonchev–Trinajstić information content (AvgIpc) is 2.37. The molecule has 1 aromatic rings. The molecule has 0 aliphatic heterocycles. The maximum atomic E-state index is 13.2. The molecule has 0 radical (unpaired) electrons. The maximum absolute atomic E-state index is 13.2. The Morgan fingerprint density at radius 1 is 1.39 bits per heavy atom. The number of hydrogen-bond donors (Lipinski definition) is 1. The fourth-order valence-corrected chi connectivity index (χ4v) is 1.41. The standard InChI is InChI=1S/C14H18FNO2/c1-3-4-8-18-14-6-5-13(15)10-12(14)11-16-7-9-17-2/h5-6,10,16H,7-9,11H2,1-2H3. The van der Waals surface area contributed by atoms with Gasteiger partial charge in [-0.1, -0.05) is 5.92 Å². The molecule has 0 atom stereocenters. The molecule has 0 unspecified atom stereocenters. The maximum Gasteiger partial charge on any atom is 0.149 e. The molecule has 0 aliphatic carbocycles. The van der Waals surface area contributed by atoms with Crippen molar-refractivity contribution in [1.82, 2.24) is 5.32 Å². The number of halogens is 1. The summed E-state index contributed by atoms with van der Waals surface area (Å²) in [5, 5.41) is 3.15. The van der Waals surface area contributed by atoms with E-state index in [-0.39, 0.29) is 5.82 Å². The van der Waals surface area contributed by atoms with Crippen LogP contribution in [0, 0.1) is 17.7 Å². The summed E-state index contributed by atoms with van der Waals surface area (Å²) >= 11 is 0. The smallest absolute Gasteiger partial charge is 0.149 e. The van der Waals surface area contributed by atoms with E-state index >= 15 is 0 Å². The first-order valence-corrected chi connectivity index (χ1v) is 5.78. The van der Waals surface area contributed by atoms with Crippen molar-refractivity contribution in [2.45, 2.75) is 13.5 Å². The highest BCUT2D eigenvalue weighted by Gasteiger charge is 2.04. The van der Waals surface area contributed by atoms with Crippen molar-refractivity contribution >= 4 is 0 Å². The lowest BCUT2D eigenvalue weighted by Gasteiger charge is -2.10. The first kappa shape index (κ1) is 14.5. The first-order valence-electron chi connectivity index (χ1n) is 5.78. The van der Waals surface area contributed by atoms with Crippen LogP contribution < -0.4 is 10.1 Å². The Hall–Kier alpha value is -1.57. The molecule has 0 spiro atoms. The van der Waals surface area contributed by atoms with Gasteiger partial charge in [-0.15, -0.1) is 5.92 Å². The van der Waals surface area contributed by atoms with Crippen molar-refractivity contribution in [1.29, 1.82) is 0 Å². The van der Waals surface area contributed by atoms with Gasteiger partial charge in [0.15, 0.2) is 0 Å². The molecule has 1 aromatic carbocycles. The molecular weight excluding hydrogens is 233 g/mol. The highest BCUT2D eigenvalue weighted by Crippen LogP contribution is 2.19. The number of hydrogen-bond acceptors (Lipinski definition) is 3. The zero-order valence-corrected chi connectivity index (χ0v) is 10.8. The minimum Gasteiger partial charge on any atom is -0.481 e. The minimum absolute atomic E-state index is 0.271. The Morgan fingerprint density at radius 2 is 2.22 bits per heavy atom. The Labute approximate surface area is 107 Å². The van der Waals surface area contributed by atoms with Crippen LogP contribution in [0.3, 0.4) is 0 Å². The van der Waals surface area contributed by atoms with E-state index in [1.165, 1.54) is 12.1 Å². The van der Waals surface area contributed by atoms with Crippen molar-refractivity contribution in [3.8, 4) is 17.6 Å². The van der Waals surface area contributed by atoms with Crippen LogP contribution in [0.1, 0.15) is 12.5 Å².